The summed E-state index contributed by atoms with van der Waals surface area (Å²) in [4.78, 5) is 15.4. The fourth-order valence-corrected chi connectivity index (χ4v) is 2.07. The molecule has 1 rings (SSSR count). The van der Waals surface area contributed by atoms with Crippen LogP contribution in [0.2, 0.25) is 10.0 Å². The van der Waals surface area contributed by atoms with Crippen LogP contribution < -0.4 is 10.6 Å². The Morgan fingerprint density at radius 3 is 2.59 bits per heavy atom. The first kappa shape index (κ1) is 21.3. The van der Waals surface area contributed by atoms with Gasteiger partial charge in [-0.25, -0.2) is 0 Å². The molecule has 22 heavy (non-hydrogen) atoms. The number of halogens is 3. The van der Waals surface area contributed by atoms with Gasteiger partial charge in [-0.2, -0.15) is 0 Å². The molecule has 0 heterocycles. The molecule has 0 radical (unpaired) electrons. The molecule has 0 saturated heterocycles. The van der Waals surface area contributed by atoms with Gasteiger partial charge in [0.25, 0.3) is 0 Å². The molecule has 0 aliphatic rings. The van der Waals surface area contributed by atoms with Crippen molar-refractivity contribution in [2.24, 2.45) is 10.9 Å². The van der Waals surface area contributed by atoms with Crippen LogP contribution in [0.3, 0.4) is 0 Å². The smallest absolute Gasteiger partial charge is 0.310 e. The molecule has 0 aliphatic heterocycles. The number of aliphatic imine (C=N–C) groups is 1. The van der Waals surface area contributed by atoms with E-state index in [4.69, 9.17) is 23.2 Å². The number of carbonyl (C=O) groups is 1. The van der Waals surface area contributed by atoms with Crippen molar-refractivity contribution < 1.29 is 9.53 Å². The highest BCUT2D eigenvalue weighted by atomic mass is 127. The Morgan fingerprint density at radius 2 is 2.05 bits per heavy atom. The number of methoxy groups -OCH3 is 1. The third-order valence-corrected chi connectivity index (χ3v) is 3.45. The van der Waals surface area contributed by atoms with Gasteiger partial charge in [-0.15, -0.1) is 24.0 Å². The molecular formula is C14H20Cl2IN3O2. The van der Waals surface area contributed by atoms with E-state index in [1.165, 1.54) is 7.11 Å². The van der Waals surface area contributed by atoms with Crippen LogP contribution in [0.1, 0.15) is 12.5 Å². The Labute approximate surface area is 157 Å². The molecule has 0 bridgehead atoms. The molecule has 0 saturated carbocycles. The minimum absolute atomic E-state index is 0. The molecule has 0 spiro atoms. The summed E-state index contributed by atoms with van der Waals surface area (Å²) in [5.41, 5.74) is 0.907. The first-order valence-electron chi connectivity index (χ1n) is 6.44. The summed E-state index contributed by atoms with van der Waals surface area (Å²) in [5, 5.41) is 7.36. The van der Waals surface area contributed by atoms with Crippen LogP contribution in [0, 0.1) is 5.92 Å². The number of nitrogens with zero attached hydrogens (tertiary/aromatic N) is 1. The Morgan fingerprint density at radius 1 is 1.36 bits per heavy atom. The second kappa shape index (κ2) is 10.9. The minimum atomic E-state index is -0.265. The second-order valence-corrected chi connectivity index (χ2v) is 5.31. The molecule has 2 N–H and O–H groups in total. The monoisotopic (exact) mass is 459 g/mol. The van der Waals surface area contributed by atoms with Crippen LogP contribution in [0.5, 0.6) is 0 Å². The van der Waals surface area contributed by atoms with Gasteiger partial charge in [0.15, 0.2) is 5.96 Å². The van der Waals surface area contributed by atoms with Crippen molar-refractivity contribution in [3.8, 4) is 0 Å². The van der Waals surface area contributed by atoms with Gasteiger partial charge in [-0.1, -0.05) is 36.2 Å². The van der Waals surface area contributed by atoms with Gasteiger partial charge in [0.1, 0.15) is 0 Å². The van der Waals surface area contributed by atoms with Crippen molar-refractivity contribution in [3.05, 3.63) is 33.8 Å². The standard InChI is InChI=1S/C14H19Cl2N3O2.HI/c1-9(13(20)21-3)7-18-14(17-2)19-8-10-4-5-11(15)6-12(10)16;/h4-6,9H,7-8H2,1-3H3,(H2,17,18,19);1H. The fraction of sp³-hybridized carbons (Fsp3) is 0.429. The van der Waals surface area contributed by atoms with Crippen LogP contribution in [-0.2, 0) is 16.1 Å². The number of ether oxygens (including phenoxy) is 1. The van der Waals surface area contributed by atoms with Gasteiger partial charge in [0.05, 0.1) is 13.0 Å². The van der Waals surface area contributed by atoms with Crippen LogP contribution in [0.25, 0.3) is 0 Å². The molecule has 124 valence electrons. The predicted octanol–water partition coefficient (Wildman–Crippen LogP) is 3.09. The summed E-state index contributed by atoms with van der Waals surface area (Å²) in [6.45, 7) is 2.71. The average molecular weight is 460 g/mol. The molecule has 5 nitrogen and oxygen atoms in total. The van der Waals surface area contributed by atoms with Gasteiger partial charge >= 0.3 is 5.97 Å². The minimum Gasteiger partial charge on any atom is -0.469 e. The summed E-state index contributed by atoms with van der Waals surface area (Å²) in [5.74, 6) is 0.0585. The normalized spacial score (nSPS) is 12.1. The van der Waals surface area contributed by atoms with E-state index in [0.717, 1.165) is 5.56 Å². The SMILES string of the molecule is CN=C(NCc1ccc(Cl)cc1Cl)NCC(C)C(=O)OC.I. The number of guanidine groups is 1. The zero-order chi connectivity index (χ0) is 15.8. The number of esters is 1. The third kappa shape index (κ3) is 7.02. The van der Waals surface area contributed by atoms with E-state index in [2.05, 4.69) is 20.4 Å². The maximum Gasteiger partial charge on any atom is 0.310 e. The number of hydrogen-bond acceptors (Lipinski definition) is 3. The van der Waals surface area contributed by atoms with Crippen LogP contribution in [0.15, 0.2) is 23.2 Å². The number of carbonyl (C=O) groups excluding carboxylic acids is 1. The lowest BCUT2D eigenvalue weighted by Crippen LogP contribution is -2.40. The van der Waals surface area contributed by atoms with Gasteiger partial charge in [0, 0.05) is 30.2 Å². The average Bonchev–Trinajstić information content (AvgIpc) is 2.47. The largest absolute Gasteiger partial charge is 0.469 e. The van der Waals surface area contributed by atoms with E-state index in [1.54, 1.807) is 26.1 Å². The Balaban J connectivity index is 0.00000441. The van der Waals surface area contributed by atoms with E-state index >= 15 is 0 Å². The number of rotatable bonds is 5. The zero-order valence-electron chi connectivity index (χ0n) is 12.7. The highest BCUT2D eigenvalue weighted by molar-refractivity contribution is 14.0. The Bertz CT molecular complexity index is 527. The lowest BCUT2D eigenvalue weighted by molar-refractivity contribution is -0.144. The molecule has 0 aliphatic carbocycles. The van der Waals surface area contributed by atoms with Gasteiger partial charge in [-0.05, 0) is 17.7 Å². The van der Waals surface area contributed by atoms with Crippen LogP contribution in [-0.4, -0.2) is 32.6 Å². The number of nitrogens with one attached hydrogen (secondary N) is 2. The summed E-state index contributed by atoms with van der Waals surface area (Å²) in [6.07, 6.45) is 0. The van der Waals surface area contributed by atoms with Crippen molar-refractivity contribution >= 4 is 59.1 Å². The molecule has 1 aromatic rings. The second-order valence-electron chi connectivity index (χ2n) is 4.47. The van der Waals surface area contributed by atoms with E-state index in [9.17, 15) is 4.79 Å². The summed E-state index contributed by atoms with van der Waals surface area (Å²) in [6, 6.07) is 5.32. The summed E-state index contributed by atoms with van der Waals surface area (Å²) >= 11 is 11.9. The number of benzene rings is 1. The van der Waals surface area contributed by atoms with E-state index in [0.29, 0.717) is 29.1 Å². The van der Waals surface area contributed by atoms with E-state index in [-0.39, 0.29) is 35.9 Å². The van der Waals surface area contributed by atoms with Crippen molar-refractivity contribution in [2.45, 2.75) is 13.5 Å². The topological polar surface area (TPSA) is 62.7 Å². The predicted molar refractivity (Wildman–Crippen MR) is 101 cm³/mol. The first-order chi connectivity index (χ1) is 9.97. The van der Waals surface area contributed by atoms with Crippen molar-refractivity contribution in [2.75, 3.05) is 20.7 Å². The highest BCUT2D eigenvalue weighted by Crippen LogP contribution is 2.20. The van der Waals surface area contributed by atoms with Crippen molar-refractivity contribution in [3.63, 3.8) is 0 Å². The molecular weight excluding hydrogens is 440 g/mol. The van der Waals surface area contributed by atoms with Crippen LogP contribution in [0.4, 0.5) is 0 Å². The molecule has 8 heteroatoms. The molecule has 1 aromatic carbocycles. The molecule has 0 fully saturated rings. The highest BCUT2D eigenvalue weighted by Gasteiger charge is 2.13. The molecule has 1 unspecified atom stereocenters. The maximum atomic E-state index is 11.3. The number of hydrogen-bond donors (Lipinski definition) is 2. The summed E-state index contributed by atoms with van der Waals surface area (Å²) < 4.78 is 4.66. The molecule has 1 atom stereocenters. The first-order valence-corrected chi connectivity index (χ1v) is 7.19. The fourth-order valence-electron chi connectivity index (χ4n) is 1.60. The maximum absolute atomic E-state index is 11.3. The summed E-state index contributed by atoms with van der Waals surface area (Å²) in [7, 11) is 3.02. The van der Waals surface area contributed by atoms with Gasteiger partial charge in [-0.3, -0.25) is 9.79 Å². The Hall–Kier alpha value is -0.730. The van der Waals surface area contributed by atoms with Crippen molar-refractivity contribution in [1.29, 1.82) is 0 Å². The lowest BCUT2D eigenvalue weighted by Gasteiger charge is -2.15. The third-order valence-electron chi connectivity index (χ3n) is 2.86. The lowest BCUT2D eigenvalue weighted by atomic mass is 10.2. The van der Waals surface area contributed by atoms with Crippen LogP contribution >= 0.6 is 47.2 Å². The zero-order valence-corrected chi connectivity index (χ0v) is 16.5. The van der Waals surface area contributed by atoms with Gasteiger partial charge in [0.2, 0.25) is 0 Å². The molecule has 0 aromatic heterocycles. The molecule has 0 amide bonds. The van der Waals surface area contributed by atoms with E-state index < -0.39 is 0 Å². The van der Waals surface area contributed by atoms with E-state index in [1.807, 2.05) is 6.07 Å². The quantitative estimate of drug-likeness (QED) is 0.307. The Kier molecular flexibility index (Phi) is 10.5. The van der Waals surface area contributed by atoms with Gasteiger partial charge < -0.3 is 15.4 Å². The van der Waals surface area contributed by atoms with Crippen molar-refractivity contribution in [1.82, 2.24) is 10.6 Å².